The number of amides is 1. The van der Waals surface area contributed by atoms with Gasteiger partial charge in [-0.2, -0.15) is 0 Å². The monoisotopic (exact) mass is 463 g/mol. The Morgan fingerprint density at radius 1 is 1.14 bits per heavy atom. The lowest BCUT2D eigenvalue weighted by Crippen LogP contribution is -2.26. The van der Waals surface area contributed by atoms with Crippen LogP contribution in [0.3, 0.4) is 0 Å². The molecule has 1 aromatic heterocycles. The average molecular weight is 464 g/mol. The van der Waals surface area contributed by atoms with Gasteiger partial charge in [0.1, 0.15) is 6.10 Å². The normalized spacial score (nSPS) is 11.6. The minimum absolute atomic E-state index is 0.151. The summed E-state index contributed by atoms with van der Waals surface area (Å²) in [5, 5.41) is 2.72. The number of nitrogens with one attached hydrogen (secondary N) is 1. The zero-order valence-corrected chi connectivity index (χ0v) is 18.3. The van der Waals surface area contributed by atoms with Crippen LogP contribution < -0.4 is 10.1 Å². The van der Waals surface area contributed by atoms with Gasteiger partial charge >= 0.3 is 12.0 Å². The molecule has 8 heteroatoms. The third-order valence-corrected chi connectivity index (χ3v) is 4.54. The van der Waals surface area contributed by atoms with E-state index >= 15 is 0 Å². The molecule has 1 unspecified atom stereocenters. The molecule has 1 amide bonds. The lowest BCUT2D eigenvalue weighted by atomic mass is 10.0. The lowest BCUT2D eigenvalue weighted by Gasteiger charge is -2.18. The molecule has 2 aromatic rings. The third-order valence-electron chi connectivity index (χ3n) is 4.13. The number of ether oxygens (including phenoxy) is 2. The second-order valence-corrected chi connectivity index (χ2v) is 7.28. The van der Waals surface area contributed by atoms with E-state index in [1.807, 2.05) is 12.1 Å². The lowest BCUT2D eigenvalue weighted by molar-refractivity contribution is -0.142. The Labute approximate surface area is 179 Å². The molecule has 0 aliphatic rings. The minimum atomic E-state index is -0.325. The summed E-state index contributed by atoms with van der Waals surface area (Å²) in [6, 6.07) is 7.56. The van der Waals surface area contributed by atoms with Gasteiger partial charge in [-0.15, -0.1) is 0 Å². The number of hydrogen-bond donors (Lipinski definition) is 1. The van der Waals surface area contributed by atoms with Gasteiger partial charge in [-0.05, 0) is 53.4 Å². The number of carbonyl (C=O) groups is 2. The SMILES string of the molecule is CCCCC(Oc1ncc(Br)cn1)c1ccc(C(=O)NCCC(=O)OCC)cc1. The van der Waals surface area contributed by atoms with E-state index in [9.17, 15) is 9.59 Å². The molecule has 0 fully saturated rings. The Kier molecular flexibility index (Phi) is 9.56. The molecule has 1 N–H and O–H groups in total. The van der Waals surface area contributed by atoms with E-state index in [2.05, 4.69) is 38.1 Å². The van der Waals surface area contributed by atoms with Crippen molar-refractivity contribution in [3.63, 3.8) is 0 Å². The standard InChI is InChI=1S/C21H26BrN3O4/c1-3-5-6-18(29-21-24-13-17(22)14-25-21)15-7-9-16(10-8-15)20(27)23-12-11-19(26)28-4-2/h7-10,13-14,18H,3-6,11-12H2,1-2H3,(H,23,27). The second kappa shape index (κ2) is 12.2. The smallest absolute Gasteiger partial charge is 0.316 e. The zero-order chi connectivity index (χ0) is 21.1. The van der Waals surface area contributed by atoms with Crippen LogP contribution in [-0.4, -0.2) is 35.0 Å². The molecule has 29 heavy (non-hydrogen) atoms. The Morgan fingerprint density at radius 3 is 2.45 bits per heavy atom. The van der Waals surface area contributed by atoms with Crippen LogP contribution in [0.2, 0.25) is 0 Å². The van der Waals surface area contributed by atoms with Crippen molar-refractivity contribution >= 4 is 27.8 Å². The Hall–Kier alpha value is -2.48. The number of nitrogens with zero attached hydrogens (tertiary/aromatic N) is 2. The van der Waals surface area contributed by atoms with Crippen molar-refractivity contribution in [3.05, 3.63) is 52.3 Å². The average Bonchev–Trinajstić information content (AvgIpc) is 2.73. The van der Waals surface area contributed by atoms with Crippen LogP contribution in [0.5, 0.6) is 6.01 Å². The van der Waals surface area contributed by atoms with E-state index in [0.29, 0.717) is 18.2 Å². The van der Waals surface area contributed by atoms with Gasteiger partial charge in [0.05, 0.1) is 17.5 Å². The highest BCUT2D eigenvalue weighted by atomic mass is 79.9. The van der Waals surface area contributed by atoms with Gasteiger partial charge in [0.25, 0.3) is 5.91 Å². The van der Waals surface area contributed by atoms with Crippen LogP contribution in [0.1, 0.15) is 61.6 Å². The van der Waals surface area contributed by atoms with E-state index < -0.39 is 0 Å². The second-order valence-electron chi connectivity index (χ2n) is 6.37. The first-order chi connectivity index (χ1) is 14.0. The largest absolute Gasteiger partial charge is 0.466 e. The van der Waals surface area contributed by atoms with Crippen LogP contribution in [0.4, 0.5) is 0 Å². The van der Waals surface area contributed by atoms with E-state index in [0.717, 1.165) is 29.3 Å². The van der Waals surface area contributed by atoms with Crippen molar-refractivity contribution < 1.29 is 19.1 Å². The summed E-state index contributed by atoms with van der Waals surface area (Å²) in [6.45, 7) is 4.44. The number of hydrogen-bond acceptors (Lipinski definition) is 6. The topological polar surface area (TPSA) is 90.4 Å². The van der Waals surface area contributed by atoms with Gasteiger partial charge in [-0.25, -0.2) is 9.97 Å². The summed E-state index contributed by atoms with van der Waals surface area (Å²) in [7, 11) is 0. The van der Waals surface area contributed by atoms with Gasteiger partial charge in [-0.1, -0.05) is 25.5 Å². The van der Waals surface area contributed by atoms with Crippen molar-refractivity contribution in [3.8, 4) is 6.01 Å². The van der Waals surface area contributed by atoms with Crippen molar-refractivity contribution in [1.29, 1.82) is 0 Å². The number of aromatic nitrogens is 2. The van der Waals surface area contributed by atoms with Crippen LogP contribution in [0.15, 0.2) is 41.1 Å². The molecule has 1 atom stereocenters. The van der Waals surface area contributed by atoms with Gasteiger partial charge in [0.15, 0.2) is 0 Å². The predicted octanol–water partition coefficient (Wildman–Crippen LogP) is 4.23. The number of halogens is 1. The molecule has 1 heterocycles. The highest BCUT2D eigenvalue weighted by molar-refractivity contribution is 9.10. The van der Waals surface area contributed by atoms with Crippen LogP contribution in [0, 0.1) is 0 Å². The number of benzene rings is 1. The maximum Gasteiger partial charge on any atom is 0.316 e. The predicted molar refractivity (Wildman–Crippen MR) is 113 cm³/mol. The number of esters is 1. The first-order valence-corrected chi connectivity index (χ1v) is 10.5. The molecule has 0 radical (unpaired) electrons. The molecule has 0 spiro atoms. The highest BCUT2D eigenvalue weighted by Gasteiger charge is 2.16. The molecule has 0 aliphatic carbocycles. The summed E-state index contributed by atoms with van der Waals surface area (Å²) >= 11 is 3.31. The molecule has 0 bridgehead atoms. The van der Waals surface area contributed by atoms with Gasteiger partial charge in [-0.3, -0.25) is 9.59 Å². The molecule has 156 valence electrons. The molecule has 0 saturated heterocycles. The number of unbranched alkanes of at least 4 members (excludes halogenated alkanes) is 1. The minimum Gasteiger partial charge on any atom is -0.466 e. The highest BCUT2D eigenvalue weighted by Crippen LogP contribution is 2.25. The molecular formula is C21H26BrN3O4. The summed E-state index contributed by atoms with van der Waals surface area (Å²) in [5.74, 6) is -0.558. The summed E-state index contributed by atoms with van der Waals surface area (Å²) in [5.41, 5.74) is 1.47. The maximum atomic E-state index is 12.2. The van der Waals surface area contributed by atoms with Gasteiger partial charge in [0, 0.05) is 24.5 Å². The summed E-state index contributed by atoms with van der Waals surface area (Å²) < 4.78 is 11.6. The quantitative estimate of drug-likeness (QED) is 0.501. The fraction of sp³-hybridized carbons (Fsp3) is 0.429. The number of carbonyl (C=O) groups excluding carboxylic acids is 2. The van der Waals surface area contributed by atoms with Gasteiger partial charge in [0.2, 0.25) is 0 Å². The molecule has 2 rings (SSSR count). The molecule has 0 saturated carbocycles. The molecule has 7 nitrogen and oxygen atoms in total. The van der Waals surface area contributed by atoms with E-state index in [1.165, 1.54) is 0 Å². The van der Waals surface area contributed by atoms with Crippen LogP contribution in [-0.2, 0) is 9.53 Å². The van der Waals surface area contributed by atoms with Crippen LogP contribution >= 0.6 is 15.9 Å². The first-order valence-electron chi connectivity index (χ1n) is 9.71. The maximum absolute atomic E-state index is 12.2. The van der Waals surface area contributed by atoms with Crippen molar-refractivity contribution in [2.24, 2.45) is 0 Å². The Morgan fingerprint density at radius 2 is 1.83 bits per heavy atom. The van der Waals surface area contributed by atoms with E-state index in [1.54, 1.807) is 31.5 Å². The van der Waals surface area contributed by atoms with Crippen molar-refractivity contribution in [1.82, 2.24) is 15.3 Å². The molecular weight excluding hydrogens is 438 g/mol. The van der Waals surface area contributed by atoms with E-state index in [-0.39, 0.29) is 30.9 Å². The Balaban J connectivity index is 1.99. The summed E-state index contributed by atoms with van der Waals surface area (Å²) in [4.78, 5) is 31.9. The van der Waals surface area contributed by atoms with E-state index in [4.69, 9.17) is 9.47 Å². The molecule has 1 aromatic carbocycles. The fourth-order valence-corrected chi connectivity index (χ4v) is 2.84. The van der Waals surface area contributed by atoms with Crippen LogP contribution in [0.25, 0.3) is 0 Å². The first kappa shape index (κ1) is 22.8. The van der Waals surface area contributed by atoms with Crippen molar-refractivity contribution in [2.45, 2.75) is 45.6 Å². The molecule has 0 aliphatic heterocycles. The number of rotatable bonds is 11. The third kappa shape index (κ3) is 7.81. The fourth-order valence-electron chi connectivity index (χ4n) is 2.63. The summed E-state index contributed by atoms with van der Waals surface area (Å²) in [6.07, 6.45) is 6.10. The zero-order valence-electron chi connectivity index (χ0n) is 16.7. The van der Waals surface area contributed by atoms with Crippen molar-refractivity contribution in [2.75, 3.05) is 13.2 Å². The Bertz CT molecular complexity index is 782. The van der Waals surface area contributed by atoms with Gasteiger partial charge < -0.3 is 14.8 Å².